The molecule has 0 saturated carbocycles. The first-order valence-corrected chi connectivity index (χ1v) is 7.19. The van der Waals surface area contributed by atoms with Crippen molar-refractivity contribution in [2.24, 2.45) is 0 Å². The fourth-order valence-electron chi connectivity index (χ4n) is 2.03. The highest BCUT2D eigenvalue weighted by Crippen LogP contribution is 2.22. The number of amides is 1. The van der Waals surface area contributed by atoms with E-state index in [0.29, 0.717) is 10.7 Å². The van der Waals surface area contributed by atoms with Crippen LogP contribution in [-0.2, 0) is 6.42 Å². The van der Waals surface area contributed by atoms with Crippen LogP contribution in [-0.4, -0.2) is 20.3 Å². The van der Waals surface area contributed by atoms with Crippen LogP contribution >= 0.6 is 11.3 Å². The highest BCUT2D eigenvalue weighted by molar-refractivity contribution is 7.15. The number of aromatic nitrogens is 3. The summed E-state index contributed by atoms with van der Waals surface area (Å²) in [4.78, 5) is 21.9. The molecule has 0 spiro atoms. The Morgan fingerprint density at radius 1 is 1.45 bits per heavy atom. The van der Waals surface area contributed by atoms with Gasteiger partial charge in [0.2, 0.25) is 0 Å². The minimum atomic E-state index is -0.156. The Kier molecular flexibility index (Phi) is 3.23. The lowest BCUT2D eigenvalue weighted by Crippen LogP contribution is -2.12. The SMILES string of the molecule is CCc1nc(NC(=O)c2ccc3nccn3c2)sc1C. The minimum absolute atomic E-state index is 0.156. The first-order valence-electron chi connectivity index (χ1n) is 6.37. The number of hydrogen-bond donors (Lipinski definition) is 1. The molecule has 0 aliphatic rings. The maximum Gasteiger partial charge on any atom is 0.258 e. The molecule has 20 heavy (non-hydrogen) atoms. The number of nitrogens with zero attached hydrogens (tertiary/aromatic N) is 3. The third-order valence-corrected chi connectivity index (χ3v) is 4.03. The van der Waals surface area contributed by atoms with Crippen molar-refractivity contribution in [3.05, 3.63) is 46.9 Å². The van der Waals surface area contributed by atoms with Crippen LogP contribution in [0, 0.1) is 6.92 Å². The van der Waals surface area contributed by atoms with Crippen molar-refractivity contribution in [2.75, 3.05) is 5.32 Å². The second kappa shape index (κ2) is 5.05. The molecule has 1 N–H and O–H groups in total. The fourth-order valence-corrected chi connectivity index (χ4v) is 2.93. The molecule has 102 valence electrons. The van der Waals surface area contributed by atoms with Crippen molar-refractivity contribution in [3.8, 4) is 0 Å². The van der Waals surface area contributed by atoms with E-state index in [4.69, 9.17) is 0 Å². The summed E-state index contributed by atoms with van der Waals surface area (Å²) in [6.07, 6.45) is 6.15. The third-order valence-electron chi connectivity index (χ3n) is 3.10. The molecule has 0 atom stereocenters. The van der Waals surface area contributed by atoms with Crippen LogP contribution in [0.1, 0.15) is 27.9 Å². The van der Waals surface area contributed by atoms with Crippen LogP contribution in [0.4, 0.5) is 5.13 Å². The van der Waals surface area contributed by atoms with Gasteiger partial charge < -0.3 is 4.40 Å². The van der Waals surface area contributed by atoms with Gasteiger partial charge in [-0.2, -0.15) is 0 Å². The monoisotopic (exact) mass is 286 g/mol. The first kappa shape index (κ1) is 12.8. The Hall–Kier alpha value is -2.21. The highest BCUT2D eigenvalue weighted by atomic mass is 32.1. The van der Waals surface area contributed by atoms with Gasteiger partial charge in [0, 0.05) is 23.5 Å². The summed E-state index contributed by atoms with van der Waals surface area (Å²) in [5.41, 5.74) is 2.44. The van der Waals surface area contributed by atoms with Gasteiger partial charge in [0.05, 0.1) is 11.3 Å². The van der Waals surface area contributed by atoms with Crippen molar-refractivity contribution in [1.29, 1.82) is 0 Å². The van der Waals surface area contributed by atoms with Gasteiger partial charge in [0.15, 0.2) is 5.13 Å². The molecule has 0 aliphatic heterocycles. The van der Waals surface area contributed by atoms with E-state index in [1.807, 2.05) is 23.6 Å². The smallest absolute Gasteiger partial charge is 0.258 e. The van der Waals surface area contributed by atoms with Gasteiger partial charge in [-0.25, -0.2) is 9.97 Å². The molecular weight excluding hydrogens is 272 g/mol. The topological polar surface area (TPSA) is 59.3 Å². The van der Waals surface area contributed by atoms with E-state index in [-0.39, 0.29) is 5.91 Å². The van der Waals surface area contributed by atoms with Gasteiger partial charge in [-0.05, 0) is 25.5 Å². The molecule has 3 aromatic rings. The molecule has 0 fully saturated rings. The zero-order valence-corrected chi connectivity index (χ0v) is 12.1. The molecule has 6 heteroatoms. The second-order valence-corrected chi connectivity index (χ2v) is 5.64. The van der Waals surface area contributed by atoms with Crippen molar-refractivity contribution < 1.29 is 4.79 Å². The van der Waals surface area contributed by atoms with Gasteiger partial charge in [0.1, 0.15) is 5.65 Å². The van der Waals surface area contributed by atoms with Gasteiger partial charge >= 0.3 is 0 Å². The molecule has 0 aromatic carbocycles. The van der Waals surface area contributed by atoms with E-state index in [1.54, 1.807) is 18.5 Å². The van der Waals surface area contributed by atoms with E-state index >= 15 is 0 Å². The third kappa shape index (κ3) is 2.30. The van der Waals surface area contributed by atoms with Gasteiger partial charge in [-0.15, -0.1) is 11.3 Å². The number of aryl methyl sites for hydroxylation is 2. The number of rotatable bonds is 3. The summed E-state index contributed by atoms with van der Waals surface area (Å²) in [5, 5.41) is 3.49. The van der Waals surface area contributed by atoms with E-state index in [9.17, 15) is 4.79 Å². The Bertz CT molecular complexity index is 774. The average Bonchev–Trinajstić information content (AvgIpc) is 3.03. The van der Waals surface area contributed by atoms with Crippen LogP contribution in [0.2, 0.25) is 0 Å². The average molecular weight is 286 g/mol. The number of thiazole rings is 1. The summed E-state index contributed by atoms with van der Waals surface area (Å²) in [6, 6.07) is 3.58. The Labute approximate surface area is 120 Å². The number of hydrogen-bond acceptors (Lipinski definition) is 4. The fraction of sp³-hybridized carbons (Fsp3) is 0.214. The lowest BCUT2D eigenvalue weighted by molar-refractivity contribution is 0.102. The molecule has 0 bridgehead atoms. The van der Waals surface area contributed by atoms with Crippen LogP contribution in [0.3, 0.4) is 0 Å². The van der Waals surface area contributed by atoms with Crippen LogP contribution in [0.5, 0.6) is 0 Å². The largest absolute Gasteiger partial charge is 0.306 e. The van der Waals surface area contributed by atoms with E-state index in [0.717, 1.165) is 22.6 Å². The molecular formula is C14H14N4OS. The molecule has 1 amide bonds. The summed E-state index contributed by atoms with van der Waals surface area (Å²) in [5.74, 6) is -0.156. The van der Waals surface area contributed by atoms with Crippen LogP contribution in [0.25, 0.3) is 5.65 Å². The lowest BCUT2D eigenvalue weighted by atomic mass is 10.2. The summed E-state index contributed by atoms with van der Waals surface area (Å²) >= 11 is 1.51. The number of fused-ring (bicyclic) bond motifs is 1. The number of imidazole rings is 1. The number of carbonyl (C=O) groups is 1. The minimum Gasteiger partial charge on any atom is -0.306 e. The van der Waals surface area contributed by atoms with Crippen LogP contribution in [0.15, 0.2) is 30.7 Å². The number of anilines is 1. The maximum absolute atomic E-state index is 12.2. The molecule has 0 unspecified atom stereocenters. The maximum atomic E-state index is 12.2. The summed E-state index contributed by atoms with van der Waals surface area (Å²) in [7, 11) is 0. The molecule has 0 radical (unpaired) electrons. The molecule has 5 nitrogen and oxygen atoms in total. The normalized spacial score (nSPS) is 10.9. The van der Waals surface area contributed by atoms with Gasteiger partial charge in [-0.3, -0.25) is 10.1 Å². The standard InChI is InChI=1S/C14H14N4OS/c1-3-11-9(2)20-14(16-11)17-13(19)10-4-5-12-15-6-7-18(12)8-10/h4-8H,3H2,1-2H3,(H,16,17,19). The highest BCUT2D eigenvalue weighted by Gasteiger charge is 2.11. The van der Waals surface area contributed by atoms with Crippen molar-refractivity contribution in [1.82, 2.24) is 14.4 Å². The number of pyridine rings is 1. The van der Waals surface area contributed by atoms with E-state index in [2.05, 4.69) is 22.2 Å². The second-order valence-electron chi connectivity index (χ2n) is 4.44. The predicted octanol–water partition coefficient (Wildman–Crippen LogP) is 2.91. The molecule has 3 heterocycles. The zero-order chi connectivity index (χ0) is 14.1. The zero-order valence-electron chi connectivity index (χ0n) is 11.3. The Morgan fingerprint density at radius 3 is 3.05 bits per heavy atom. The Morgan fingerprint density at radius 2 is 2.30 bits per heavy atom. The molecule has 0 aliphatic carbocycles. The van der Waals surface area contributed by atoms with Crippen molar-refractivity contribution >= 4 is 28.0 Å². The number of carbonyl (C=O) groups excluding carboxylic acids is 1. The van der Waals surface area contributed by atoms with Gasteiger partial charge in [0.25, 0.3) is 5.91 Å². The number of nitrogens with one attached hydrogen (secondary N) is 1. The quantitative estimate of drug-likeness (QED) is 0.805. The lowest BCUT2D eigenvalue weighted by Gasteiger charge is -2.02. The van der Waals surface area contributed by atoms with Crippen molar-refractivity contribution in [2.45, 2.75) is 20.3 Å². The Balaban J connectivity index is 1.84. The van der Waals surface area contributed by atoms with E-state index < -0.39 is 0 Å². The van der Waals surface area contributed by atoms with E-state index in [1.165, 1.54) is 11.3 Å². The van der Waals surface area contributed by atoms with Crippen molar-refractivity contribution in [3.63, 3.8) is 0 Å². The molecule has 3 aromatic heterocycles. The summed E-state index contributed by atoms with van der Waals surface area (Å²) < 4.78 is 1.82. The predicted molar refractivity (Wildman–Crippen MR) is 79.4 cm³/mol. The molecule has 0 saturated heterocycles. The van der Waals surface area contributed by atoms with Crippen LogP contribution < -0.4 is 5.32 Å². The summed E-state index contributed by atoms with van der Waals surface area (Å²) in [6.45, 7) is 4.07. The van der Waals surface area contributed by atoms with Gasteiger partial charge in [-0.1, -0.05) is 6.92 Å². The first-order chi connectivity index (χ1) is 9.67. The molecule has 3 rings (SSSR count).